The van der Waals surface area contributed by atoms with Crippen LogP contribution >= 0.6 is 22.6 Å². The van der Waals surface area contributed by atoms with E-state index in [2.05, 4.69) is 34.9 Å². The van der Waals surface area contributed by atoms with Crippen LogP contribution in [0, 0.1) is 3.57 Å². The summed E-state index contributed by atoms with van der Waals surface area (Å²) in [6, 6.07) is 4.10. The van der Waals surface area contributed by atoms with E-state index in [0.717, 1.165) is 0 Å². The lowest BCUT2D eigenvalue weighted by molar-refractivity contribution is -0.672. The predicted octanol–water partition coefficient (Wildman–Crippen LogP) is 1.12. The van der Waals surface area contributed by atoms with Gasteiger partial charge in [-0.3, -0.25) is 0 Å². The minimum Gasteiger partial charge on any atom is -0.207 e. The number of nitrogens with zero attached hydrogens (tertiary/aromatic N) is 1. The summed E-state index contributed by atoms with van der Waals surface area (Å²) in [4.78, 5) is 0. The smallest absolute Gasteiger partial charge is 0.181 e. The van der Waals surface area contributed by atoms with Crippen molar-refractivity contribution in [3.05, 3.63) is 28.1 Å². The number of rotatable bonds is 0. The third-order valence-electron chi connectivity index (χ3n) is 0.904. The van der Waals surface area contributed by atoms with E-state index in [1.165, 1.54) is 3.57 Å². The van der Waals surface area contributed by atoms with Crippen molar-refractivity contribution in [1.82, 2.24) is 0 Å². The highest BCUT2D eigenvalue weighted by Crippen LogP contribution is 1.96. The molecule has 0 bridgehead atoms. The van der Waals surface area contributed by atoms with Crippen molar-refractivity contribution in [2.75, 3.05) is 0 Å². The van der Waals surface area contributed by atoms with Crippen LogP contribution in [0.1, 0.15) is 0 Å². The number of aryl methyl sites for hydroxylation is 1. The SMILES string of the molecule is C[n+]1cccc(I)c1. The van der Waals surface area contributed by atoms with E-state index >= 15 is 0 Å². The van der Waals surface area contributed by atoms with Crippen LogP contribution in [0.15, 0.2) is 24.5 Å². The molecule has 0 unspecified atom stereocenters. The van der Waals surface area contributed by atoms with Gasteiger partial charge < -0.3 is 0 Å². The van der Waals surface area contributed by atoms with Crippen LogP contribution in [0.4, 0.5) is 0 Å². The molecule has 0 aliphatic heterocycles. The van der Waals surface area contributed by atoms with E-state index in [4.69, 9.17) is 0 Å². The van der Waals surface area contributed by atoms with Gasteiger partial charge >= 0.3 is 0 Å². The van der Waals surface area contributed by atoms with E-state index in [9.17, 15) is 0 Å². The van der Waals surface area contributed by atoms with Gasteiger partial charge in [0.15, 0.2) is 12.4 Å². The van der Waals surface area contributed by atoms with Crippen molar-refractivity contribution >= 4 is 22.6 Å². The number of pyridine rings is 1. The molecule has 0 fully saturated rings. The molecule has 42 valence electrons. The van der Waals surface area contributed by atoms with Gasteiger partial charge in [-0.25, -0.2) is 4.57 Å². The average molecular weight is 220 g/mol. The predicted molar refractivity (Wildman–Crippen MR) is 40.3 cm³/mol. The van der Waals surface area contributed by atoms with Crippen LogP contribution in [0.3, 0.4) is 0 Å². The Balaban J connectivity index is 3.08. The quantitative estimate of drug-likeness (QED) is 0.455. The van der Waals surface area contributed by atoms with Gasteiger partial charge in [0.2, 0.25) is 0 Å². The minimum atomic E-state index is 1.27. The Morgan fingerprint density at radius 2 is 2.38 bits per heavy atom. The first kappa shape index (κ1) is 6.01. The molecule has 0 spiro atoms. The molecule has 0 aliphatic rings. The third kappa shape index (κ3) is 1.43. The molecule has 0 radical (unpaired) electrons. The normalized spacial score (nSPS) is 9.25. The van der Waals surface area contributed by atoms with Crippen LogP contribution < -0.4 is 4.57 Å². The number of hydrogen-bond acceptors (Lipinski definition) is 0. The molecular formula is C6H7IN+. The highest BCUT2D eigenvalue weighted by atomic mass is 127. The summed E-state index contributed by atoms with van der Waals surface area (Å²) in [7, 11) is 2.02. The monoisotopic (exact) mass is 220 g/mol. The van der Waals surface area contributed by atoms with E-state index < -0.39 is 0 Å². The van der Waals surface area contributed by atoms with Crippen LogP contribution in [-0.4, -0.2) is 0 Å². The number of hydrogen-bond donors (Lipinski definition) is 0. The molecule has 1 heterocycles. The molecule has 1 rings (SSSR count). The Morgan fingerprint density at radius 3 is 2.75 bits per heavy atom. The van der Waals surface area contributed by atoms with Crippen molar-refractivity contribution in [2.45, 2.75) is 0 Å². The second-order valence-electron chi connectivity index (χ2n) is 1.69. The summed E-state index contributed by atoms with van der Waals surface area (Å²) in [6.07, 6.45) is 4.09. The van der Waals surface area contributed by atoms with Gasteiger partial charge in [-0.05, 0) is 28.7 Å². The molecule has 0 amide bonds. The van der Waals surface area contributed by atoms with Crippen LogP contribution in [0.5, 0.6) is 0 Å². The summed E-state index contributed by atoms with van der Waals surface area (Å²) in [5.41, 5.74) is 0. The molecule has 0 atom stereocenters. The largest absolute Gasteiger partial charge is 0.207 e. The highest BCUT2D eigenvalue weighted by Gasteiger charge is 1.88. The van der Waals surface area contributed by atoms with Gasteiger partial charge in [0.05, 0.1) is 3.57 Å². The standard InChI is InChI=1S/C6H7IN/c1-8-4-2-3-6(7)5-8/h2-5H,1H3/q+1. The number of halogens is 1. The molecule has 0 saturated carbocycles. The Hall–Kier alpha value is -0.120. The lowest BCUT2D eigenvalue weighted by Gasteiger charge is -1.83. The van der Waals surface area contributed by atoms with E-state index in [-0.39, 0.29) is 0 Å². The first-order chi connectivity index (χ1) is 3.79. The molecule has 0 aromatic carbocycles. The van der Waals surface area contributed by atoms with E-state index in [0.29, 0.717) is 0 Å². The molecular weight excluding hydrogens is 213 g/mol. The second kappa shape index (κ2) is 2.44. The molecule has 0 saturated heterocycles. The lowest BCUT2D eigenvalue weighted by atomic mass is 10.5. The van der Waals surface area contributed by atoms with Gasteiger partial charge in [0.1, 0.15) is 7.05 Å². The molecule has 1 aromatic heterocycles. The average Bonchev–Trinajstić information content (AvgIpc) is 1.64. The van der Waals surface area contributed by atoms with Gasteiger partial charge in [0.25, 0.3) is 0 Å². The fourth-order valence-electron chi connectivity index (χ4n) is 0.551. The fraction of sp³-hybridized carbons (Fsp3) is 0.167. The maximum Gasteiger partial charge on any atom is 0.181 e. The summed E-state index contributed by atoms with van der Waals surface area (Å²) >= 11 is 2.28. The van der Waals surface area contributed by atoms with Crippen LogP contribution in [-0.2, 0) is 7.05 Å². The van der Waals surface area contributed by atoms with Crippen LogP contribution in [0.25, 0.3) is 0 Å². The van der Waals surface area contributed by atoms with Crippen molar-refractivity contribution in [2.24, 2.45) is 7.05 Å². The Labute approximate surface area is 62.5 Å². The van der Waals surface area contributed by atoms with Gasteiger partial charge in [0, 0.05) is 6.07 Å². The second-order valence-corrected chi connectivity index (χ2v) is 2.93. The Kier molecular flexibility index (Phi) is 1.83. The summed E-state index contributed by atoms with van der Waals surface area (Å²) < 4.78 is 3.30. The van der Waals surface area contributed by atoms with E-state index in [1.807, 2.05) is 23.9 Å². The molecule has 0 N–H and O–H groups in total. The Morgan fingerprint density at radius 1 is 1.62 bits per heavy atom. The topological polar surface area (TPSA) is 3.88 Å². The maximum absolute atomic E-state index is 2.28. The first-order valence-electron chi connectivity index (χ1n) is 2.40. The molecule has 0 aliphatic carbocycles. The zero-order valence-corrected chi connectivity index (χ0v) is 6.79. The summed E-state index contributed by atoms with van der Waals surface area (Å²) in [5, 5.41) is 0. The lowest BCUT2D eigenvalue weighted by Crippen LogP contribution is -2.26. The van der Waals surface area contributed by atoms with Gasteiger partial charge in [-0.15, -0.1) is 0 Å². The fourth-order valence-corrected chi connectivity index (χ4v) is 1.20. The zero-order valence-electron chi connectivity index (χ0n) is 4.63. The molecule has 2 heteroatoms. The molecule has 1 nitrogen and oxygen atoms in total. The minimum absolute atomic E-state index is 1.27. The molecule has 1 aromatic rings. The van der Waals surface area contributed by atoms with Crippen LogP contribution in [0.2, 0.25) is 0 Å². The highest BCUT2D eigenvalue weighted by molar-refractivity contribution is 14.1. The van der Waals surface area contributed by atoms with Crippen molar-refractivity contribution in [1.29, 1.82) is 0 Å². The van der Waals surface area contributed by atoms with E-state index in [1.54, 1.807) is 0 Å². The zero-order chi connectivity index (χ0) is 5.98. The summed E-state index contributed by atoms with van der Waals surface area (Å²) in [6.45, 7) is 0. The third-order valence-corrected chi connectivity index (χ3v) is 1.54. The van der Waals surface area contributed by atoms with Crippen molar-refractivity contribution < 1.29 is 4.57 Å². The summed E-state index contributed by atoms with van der Waals surface area (Å²) in [5.74, 6) is 0. The Bertz CT molecular complexity index is 168. The van der Waals surface area contributed by atoms with Gasteiger partial charge in [-0.1, -0.05) is 0 Å². The van der Waals surface area contributed by atoms with Crippen molar-refractivity contribution in [3.63, 3.8) is 0 Å². The number of aromatic nitrogens is 1. The van der Waals surface area contributed by atoms with Crippen molar-refractivity contribution in [3.8, 4) is 0 Å². The maximum atomic E-state index is 2.28. The molecule has 8 heavy (non-hydrogen) atoms. The first-order valence-corrected chi connectivity index (χ1v) is 3.48. The van der Waals surface area contributed by atoms with Gasteiger partial charge in [-0.2, -0.15) is 0 Å².